The smallest absolute Gasteiger partial charge is 0.338 e. The first kappa shape index (κ1) is 17.7. The van der Waals surface area contributed by atoms with Gasteiger partial charge in [0.25, 0.3) is 0 Å². The molecule has 0 fully saturated rings. The van der Waals surface area contributed by atoms with Crippen LogP contribution < -0.4 is 0 Å². The molecule has 0 aliphatic carbocycles. The third-order valence-electron chi connectivity index (χ3n) is 3.71. The number of carbonyl (C=O) groups is 1. The molecule has 2 aromatic rings. The summed E-state index contributed by atoms with van der Waals surface area (Å²) >= 11 is 3.48. The van der Waals surface area contributed by atoms with Gasteiger partial charge in [-0.15, -0.1) is 0 Å². The number of rotatable bonds is 7. The molecule has 122 valence electrons. The van der Waals surface area contributed by atoms with Crippen molar-refractivity contribution in [1.82, 2.24) is 4.90 Å². The van der Waals surface area contributed by atoms with Gasteiger partial charge in [0, 0.05) is 11.0 Å². The van der Waals surface area contributed by atoms with E-state index in [0.29, 0.717) is 5.56 Å². The SMILES string of the molecule is CCN(CC)Cc1cc(Br)cc(C(=O)OCc2ccccc2)c1. The van der Waals surface area contributed by atoms with Gasteiger partial charge in [-0.05, 0) is 42.4 Å². The monoisotopic (exact) mass is 375 g/mol. The van der Waals surface area contributed by atoms with Crippen molar-refractivity contribution >= 4 is 21.9 Å². The Morgan fingerprint density at radius 2 is 1.74 bits per heavy atom. The van der Waals surface area contributed by atoms with Gasteiger partial charge < -0.3 is 4.74 Å². The molecule has 0 aromatic heterocycles. The van der Waals surface area contributed by atoms with Crippen LogP contribution in [0, 0.1) is 0 Å². The molecule has 0 unspecified atom stereocenters. The minimum atomic E-state index is -0.295. The maximum atomic E-state index is 12.3. The maximum Gasteiger partial charge on any atom is 0.338 e. The summed E-state index contributed by atoms with van der Waals surface area (Å²) in [6.45, 7) is 7.35. The van der Waals surface area contributed by atoms with Gasteiger partial charge in [0.05, 0.1) is 5.56 Å². The summed E-state index contributed by atoms with van der Waals surface area (Å²) in [6.07, 6.45) is 0. The number of nitrogens with zero attached hydrogens (tertiary/aromatic N) is 1. The van der Waals surface area contributed by atoms with Crippen molar-refractivity contribution in [1.29, 1.82) is 0 Å². The molecule has 4 heteroatoms. The van der Waals surface area contributed by atoms with Gasteiger partial charge in [0.15, 0.2) is 0 Å². The first-order chi connectivity index (χ1) is 11.1. The summed E-state index contributed by atoms with van der Waals surface area (Å²) in [7, 11) is 0. The van der Waals surface area contributed by atoms with Crippen LogP contribution in [0.2, 0.25) is 0 Å². The zero-order valence-electron chi connectivity index (χ0n) is 13.6. The molecule has 0 N–H and O–H groups in total. The molecule has 0 radical (unpaired) electrons. The fraction of sp³-hybridized carbons (Fsp3) is 0.316. The molecule has 0 bridgehead atoms. The van der Waals surface area contributed by atoms with Crippen LogP contribution in [0.4, 0.5) is 0 Å². The number of benzene rings is 2. The molecule has 0 amide bonds. The first-order valence-corrected chi connectivity index (χ1v) is 8.64. The molecule has 0 saturated heterocycles. The Morgan fingerprint density at radius 1 is 1.04 bits per heavy atom. The normalized spacial score (nSPS) is 10.8. The number of halogens is 1. The lowest BCUT2D eigenvalue weighted by Gasteiger charge is -2.18. The zero-order chi connectivity index (χ0) is 16.7. The van der Waals surface area contributed by atoms with Crippen molar-refractivity contribution in [2.24, 2.45) is 0 Å². The van der Waals surface area contributed by atoms with Crippen LogP contribution in [0.1, 0.15) is 35.3 Å². The quantitative estimate of drug-likeness (QED) is 0.659. The minimum absolute atomic E-state index is 0.289. The number of hydrogen-bond acceptors (Lipinski definition) is 3. The Hall–Kier alpha value is -1.65. The summed E-state index contributed by atoms with van der Waals surface area (Å²) in [5.74, 6) is -0.295. The van der Waals surface area contributed by atoms with E-state index < -0.39 is 0 Å². The van der Waals surface area contributed by atoms with Gasteiger partial charge in [-0.2, -0.15) is 0 Å². The van der Waals surface area contributed by atoms with E-state index in [2.05, 4.69) is 34.7 Å². The second-order valence-corrected chi connectivity index (χ2v) is 6.29. The molecule has 0 aliphatic heterocycles. The molecule has 0 aliphatic rings. The van der Waals surface area contributed by atoms with Crippen LogP contribution in [-0.2, 0) is 17.9 Å². The van der Waals surface area contributed by atoms with Crippen LogP contribution in [0.15, 0.2) is 53.0 Å². The van der Waals surface area contributed by atoms with Crippen molar-refractivity contribution in [2.75, 3.05) is 13.1 Å². The standard InChI is InChI=1S/C19H22BrNO2/c1-3-21(4-2)13-16-10-17(12-18(20)11-16)19(22)23-14-15-8-6-5-7-9-15/h5-12H,3-4,13-14H2,1-2H3. The van der Waals surface area contributed by atoms with Crippen molar-refractivity contribution in [3.8, 4) is 0 Å². The summed E-state index contributed by atoms with van der Waals surface area (Å²) in [5.41, 5.74) is 2.67. The zero-order valence-corrected chi connectivity index (χ0v) is 15.2. The van der Waals surface area contributed by atoms with Crippen LogP contribution >= 0.6 is 15.9 Å². The second-order valence-electron chi connectivity index (χ2n) is 5.37. The third kappa shape index (κ3) is 5.48. The third-order valence-corrected chi connectivity index (χ3v) is 4.16. The number of hydrogen-bond donors (Lipinski definition) is 0. The Bertz CT molecular complexity index is 639. The lowest BCUT2D eigenvalue weighted by molar-refractivity contribution is 0.0472. The lowest BCUT2D eigenvalue weighted by atomic mass is 10.1. The molecule has 23 heavy (non-hydrogen) atoms. The number of esters is 1. The van der Waals surface area contributed by atoms with Gasteiger partial charge in [-0.1, -0.05) is 60.1 Å². The van der Waals surface area contributed by atoms with Crippen molar-refractivity contribution in [3.63, 3.8) is 0 Å². The lowest BCUT2D eigenvalue weighted by Crippen LogP contribution is -2.22. The Labute approximate surface area is 146 Å². The second kappa shape index (κ2) is 8.85. The summed E-state index contributed by atoms with van der Waals surface area (Å²) in [4.78, 5) is 14.6. The summed E-state index contributed by atoms with van der Waals surface area (Å²) < 4.78 is 6.31. The highest BCUT2D eigenvalue weighted by Gasteiger charge is 2.11. The molecular formula is C19H22BrNO2. The minimum Gasteiger partial charge on any atom is -0.457 e. The average Bonchev–Trinajstić information content (AvgIpc) is 2.58. The van der Waals surface area contributed by atoms with Crippen molar-refractivity contribution in [2.45, 2.75) is 27.0 Å². The first-order valence-electron chi connectivity index (χ1n) is 7.85. The molecule has 0 atom stereocenters. The largest absolute Gasteiger partial charge is 0.457 e. The number of carbonyl (C=O) groups excluding carboxylic acids is 1. The highest BCUT2D eigenvalue weighted by atomic mass is 79.9. The molecule has 0 spiro atoms. The summed E-state index contributed by atoms with van der Waals surface area (Å²) in [5, 5.41) is 0. The van der Waals surface area contributed by atoms with Crippen molar-refractivity contribution < 1.29 is 9.53 Å². The van der Waals surface area contributed by atoms with Crippen LogP contribution in [0.3, 0.4) is 0 Å². The van der Waals surface area contributed by atoms with E-state index in [-0.39, 0.29) is 12.6 Å². The highest BCUT2D eigenvalue weighted by Crippen LogP contribution is 2.18. The Morgan fingerprint density at radius 3 is 2.39 bits per heavy atom. The van der Waals surface area contributed by atoms with E-state index in [9.17, 15) is 4.79 Å². The fourth-order valence-electron chi connectivity index (χ4n) is 2.37. The fourth-order valence-corrected chi connectivity index (χ4v) is 2.91. The molecule has 2 aromatic carbocycles. The predicted octanol–water partition coefficient (Wildman–Crippen LogP) is 4.65. The van der Waals surface area contributed by atoms with Crippen molar-refractivity contribution in [3.05, 3.63) is 69.7 Å². The predicted molar refractivity (Wildman–Crippen MR) is 96.3 cm³/mol. The van der Waals surface area contributed by atoms with E-state index in [4.69, 9.17) is 4.74 Å². The van der Waals surface area contributed by atoms with Gasteiger partial charge in [-0.3, -0.25) is 4.90 Å². The number of ether oxygens (including phenoxy) is 1. The Balaban J connectivity index is 2.06. The average molecular weight is 376 g/mol. The molecule has 2 rings (SSSR count). The van der Waals surface area contributed by atoms with Gasteiger partial charge in [0.1, 0.15) is 6.61 Å². The molecule has 3 nitrogen and oxygen atoms in total. The van der Waals surface area contributed by atoms with E-state index in [0.717, 1.165) is 35.2 Å². The molecule has 0 saturated carbocycles. The Kier molecular flexibility index (Phi) is 6.81. The van der Waals surface area contributed by atoms with Gasteiger partial charge in [-0.25, -0.2) is 4.79 Å². The molecule has 0 heterocycles. The van der Waals surface area contributed by atoms with E-state index in [1.54, 1.807) is 6.07 Å². The van der Waals surface area contributed by atoms with E-state index in [1.165, 1.54) is 0 Å². The molecular weight excluding hydrogens is 354 g/mol. The maximum absolute atomic E-state index is 12.3. The summed E-state index contributed by atoms with van der Waals surface area (Å²) in [6, 6.07) is 15.5. The van der Waals surface area contributed by atoms with Gasteiger partial charge in [0.2, 0.25) is 0 Å². The van der Waals surface area contributed by atoms with Gasteiger partial charge >= 0.3 is 5.97 Å². The van der Waals surface area contributed by atoms with E-state index >= 15 is 0 Å². The highest BCUT2D eigenvalue weighted by molar-refractivity contribution is 9.10. The van der Waals surface area contributed by atoms with E-state index in [1.807, 2.05) is 42.5 Å². The topological polar surface area (TPSA) is 29.5 Å². The van der Waals surface area contributed by atoms with Crippen LogP contribution in [0.25, 0.3) is 0 Å². The van der Waals surface area contributed by atoms with Crippen LogP contribution in [0.5, 0.6) is 0 Å². The van der Waals surface area contributed by atoms with Crippen LogP contribution in [-0.4, -0.2) is 24.0 Å².